The first-order chi connectivity index (χ1) is 12.9. The number of hydrogen-bond donors (Lipinski definition) is 0. The smallest absolute Gasteiger partial charge is 0.314 e. The van der Waals surface area contributed by atoms with Crippen molar-refractivity contribution in [1.82, 2.24) is 5.16 Å². The Kier molecular flexibility index (Phi) is 4.26. The van der Waals surface area contributed by atoms with Gasteiger partial charge in [0.15, 0.2) is 0 Å². The van der Waals surface area contributed by atoms with Crippen LogP contribution in [-0.4, -0.2) is 11.1 Å². The minimum absolute atomic E-state index is 0.228. The number of hydrogen-bond acceptors (Lipinski definition) is 4. The van der Waals surface area contributed by atoms with Gasteiger partial charge in [-0.2, -0.15) is 0 Å². The number of carbonyl (C=O) groups excluding carboxylic acids is 1. The third-order valence-corrected chi connectivity index (χ3v) is 4.85. The molecular formula is C21H17F2NO3. The van der Waals surface area contributed by atoms with E-state index in [0.29, 0.717) is 12.2 Å². The van der Waals surface area contributed by atoms with Crippen molar-refractivity contribution in [1.29, 1.82) is 0 Å². The summed E-state index contributed by atoms with van der Waals surface area (Å²) >= 11 is 0. The van der Waals surface area contributed by atoms with Crippen LogP contribution < -0.4 is 4.74 Å². The number of halogens is 2. The summed E-state index contributed by atoms with van der Waals surface area (Å²) in [6.45, 7) is 3.70. The third-order valence-electron chi connectivity index (χ3n) is 4.85. The molecule has 4 rings (SSSR count). The van der Waals surface area contributed by atoms with Gasteiger partial charge in [0.2, 0.25) is 0 Å². The average molecular weight is 369 g/mol. The van der Waals surface area contributed by atoms with Gasteiger partial charge in [0.25, 0.3) is 0 Å². The molecule has 1 aliphatic carbocycles. The van der Waals surface area contributed by atoms with E-state index in [0.717, 1.165) is 40.8 Å². The Morgan fingerprint density at radius 3 is 2.56 bits per heavy atom. The molecule has 6 heteroatoms. The molecule has 0 aliphatic heterocycles. The van der Waals surface area contributed by atoms with E-state index >= 15 is 0 Å². The molecule has 1 aliphatic rings. The van der Waals surface area contributed by atoms with Crippen molar-refractivity contribution >= 4 is 5.97 Å². The molecule has 2 atom stereocenters. The zero-order valence-electron chi connectivity index (χ0n) is 14.8. The van der Waals surface area contributed by atoms with Crippen LogP contribution in [0.5, 0.6) is 5.75 Å². The van der Waals surface area contributed by atoms with Gasteiger partial charge in [0.05, 0.1) is 11.6 Å². The molecule has 3 aromatic rings. The van der Waals surface area contributed by atoms with Gasteiger partial charge in [-0.05, 0) is 61.7 Å². The zero-order chi connectivity index (χ0) is 19.1. The van der Waals surface area contributed by atoms with Gasteiger partial charge in [-0.3, -0.25) is 4.79 Å². The molecule has 1 heterocycles. The van der Waals surface area contributed by atoms with Crippen LogP contribution in [-0.2, 0) is 4.79 Å². The fourth-order valence-corrected chi connectivity index (χ4v) is 3.37. The number of aromatic nitrogens is 1. The number of rotatable bonds is 4. The molecule has 0 saturated heterocycles. The van der Waals surface area contributed by atoms with E-state index in [4.69, 9.17) is 9.26 Å². The van der Waals surface area contributed by atoms with E-state index in [1.165, 1.54) is 0 Å². The highest BCUT2D eigenvalue weighted by Gasteiger charge is 2.46. The monoisotopic (exact) mass is 369 g/mol. The number of nitrogens with zero attached hydrogens (tertiary/aromatic N) is 1. The standard InChI is InChI=1S/C21H17F2NO3/c1-11-20(12(2)27-24-11)13-3-6-15(7-4-13)26-21(25)18-10-16(18)17-9-14(22)5-8-19(17)23/h3-9,16,18H,10H2,1-2H3/t16-,18+/m1/s1. The van der Waals surface area contributed by atoms with E-state index in [9.17, 15) is 13.6 Å². The summed E-state index contributed by atoms with van der Waals surface area (Å²) in [5, 5.41) is 3.93. The van der Waals surface area contributed by atoms with E-state index in [-0.39, 0.29) is 11.5 Å². The largest absolute Gasteiger partial charge is 0.426 e. The van der Waals surface area contributed by atoms with Gasteiger partial charge in [-0.15, -0.1) is 0 Å². The lowest BCUT2D eigenvalue weighted by Crippen LogP contribution is -2.11. The Morgan fingerprint density at radius 1 is 1.15 bits per heavy atom. The Morgan fingerprint density at radius 2 is 1.89 bits per heavy atom. The quantitative estimate of drug-likeness (QED) is 0.483. The van der Waals surface area contributed by atoms with E-state index in [1.807, 2.05) is 26.0 Å². The predicted molar refractivity (Wildman–Crippen MR) is 94.3 cm³/mol. The molecule has 0 amide bonds. The summed E-state index contributed by atoms with van der Waals surface area (Å²) in [5.74, 6) is -1.12. The summed E-state index contributed by atoms with van der Waals surface area (Å²) in [6, 6.07) is 10.3. The maximum atomic E-state index is 13.8. The molecule has 4 nitrogen and oxygen atoms in total. The van der Waals surface area contributed by atoms with Crippen LogP contribution in [0.15, 0.2) is 47.0 Å². The van der Waals surface area contributed by atoms with Crippen LogP contribution in [0.4, 0.5) is 8.78 Å². The van der Waals surface area contributed by atoms with Crippen LogP contribution in [0.2, 0.25) is 0 Å². The molecule has 0 radical (unpaired) electrons. The van der Waals surface area contributed by atoms with Crippen molar-refractivity contribution in [3.63, 3.8) is 0 Å². The second-order valence-corrected chi connectivity index (χ2v) is 6.76. The van der Waals surface area contributed by atoms with Crippen LogP contribution in [0.3, 0.4) is 0 Å². The van der Waals surface area contributed by atoms with Crippen LogP contribution in [0.1, 0.15) is 29.4 Å². The van der Waals surface area contributed by atoms with Crippen molar-refractivity contribution in [2.45, 2.75) is 26.2 Å². The van der Waals surface area contributed by atoms with Gasteiger partial charge in [0, 0.05) is 11.5 Å². The van der Waals surface area contributed by atoms with Crippen molar-refractivity contribution in [2.75, 3.05) is 0 Å². The summed E-state index contributed by atoms with van der Waals surface area (Å²) < 4.78 is 37.7. The molecule has 1 saturated carbocycles. The highest BCUT2D eigenvalue weighted by molar-refractivity contribution is 5.80. The predicted octanol–water partition coefficient (Wildman–Crippen LogP) is 4.95. The lowest BCUT2D eigenvalue weighted by Gasteiger charge is -2.06. The van der Waals surface area contributed by atoms with Crippen LogP contribution in [0.25, 0.3) is 11.1 Å². The number of ether oxygens (including phenoxy) is 1. The van der Waals surface area contributed by atoms with Gasteiger partial charge in [0.1, 0.15) is 23.1 Å². The maximum Gasteiger partial charge on any atom is 0.314 e. The van der Waals surface area contributed by atoms with E-state index < -0.39 is 23.5 Å². The second kappa shape index (κ2) is 6.61. The number of benzene rings is 2. The summed E-state index contributed by atoms with van der Waals surface area (Å²) in [4.78, 5) is 12.3. The van der Waals surface area contributed by atoms with Gasteiger partial charge < -0.3 is 9.26 Å². The average Bonchev–Trinajstić information content (AvgIpc) is 3.37. The van der Waals surface area contributed by atoms with Crippen LogP contribution in [0, 0.1) is 31.4 Å². The lowest BCUT2D eigenvalue weighted by molar-refractivity contribution is -0.135. The summed E-state index contributed by atoms with van der Waals surface area (Å²) in [5.41, 5.74) is 2.84. The molecule has 27 heavy (non-hydrogen) atoms. The van der Waals surface area contributed by atoms with Crippen LogP contribution >= 0.6 is 0 Å². The van der Waals surface area contributed by atoms with Crippen molar-refractivity contribution in [2.24, 2.45) is 5.92 Å². The molecule has 0 unspecified atom stereocenters. The van der Waals surface area contributed by atoms with Crippen molar-refractivity contribution < 1.29 is 22.8 Å². The molecule has 0 N–H and O–H groups in total. The first-order valence-corrected chi connectivity index (χ1v) is 8.64. The number of carbonyl (C=O) groups is 1. The highest BCUT2D eigenvalue weighted by Crippen LogP contribution is 2.49. The molecular weight excluding hydrogens is 352 g/mol. The fraction of sp³-hybridized carbons (Fsp3) is 0.238. The van der Waals surface area contributed by atoms with Gasteiger partial charge >= 0.3 is 5.97 Å². The number of esters is 1. The lowest BCUT2D eigenvalue weighted by atomic mass is 10.0. The van der Waals surface area contributed by atoms with Gasteiger partial charge in [-0.1, -0.05) is 17.3 Å². The third kappa shape index (κ3) is 3.35. The van der Waals surface area contributed by atoms with E-state index in [2.05, 4.69) is 5.16 Å². The summed E-state index contributed by atoms with van der Waals surface area (Å²) in [7, 11) is 0. The normalized spacial score (nSPS) is 18.4. The zero-order valence-corrected chi connectivity index (χ0v) is 14.8. The van der Waals surface area contributed by atoms with Crippen molar-refractivity contribution in [3.05, 3.63) is 71.1 Å². The summed E-state index contributed by atoms with van der Waals surface area (Å²) in [6.07, 6.45) is 0.455. The SMILES string of the molecule is Cc1noc(C)c1-c1ccc(OC(=O)[C@H]2C[C@@H]2c2cc(F)ccc2F)cc1. The topological polar surface area (TPSA) is 52.3 Å². The second-order valence-electron chi connectivity index (χ2n) is 6.76. The number of aryl methyl sites for hydroxylation is 2. The first-order valence-electron chi connectivity index (χ1n) is 8.64. The maximum absolute atomic E-state index is 13.8. The fourth-order valence-electron chi connectivity index (χ4n) is 3.37. The molecule has 0 bridgehead atoms. The van der Waals surface area contributed by atoms with Gasteiger partial charge in [-0.25, -0.2) is 8.78 Å². The Labute approximate surface area is 154 Å². The Hall–Kier alpha value is -3.02. The Balaban J connectivity index is 1.44. The highest BCUT2D eigenvalue weighted by atomic mass is 19.1. The molecule has 2 aromatic carbocycles. The first kappa shape index (κ1) is 17.4. The minimum Gasteiger partial charge on any atom is -0.426 e. The Bertz CT molecular complexity index is 991. The van der Waals surface area contributed by atoms with Crippen molar-refractivity contribution in [3.8, 4) is 16.9 Å². The molecule has 1 aromatic heterocycles. The molecule has 0 spiro atoms. The minimum atomic E-state index is -0.514. The molecule has 138 valence electrons. The molecule has 1 fully saturated rings. The van der Waals surface area contributed by atoms with E-state index in [1.54, 1.807) is 12.1 Å².